The number of anilines is 1. The second-order valence-electron chi connectivity index (χ2n) is 4.39. The van der Waals surface area contributed by atoms with E-state index < -0.39 is 0 Å². The maximum Gasteiger partial charge on any atom is 0.248 e. The second kappa shape index (κ2) is 5.92. The molecule has 0 spiro atoms. The van der Waals surface area contributed by atoms with Crippen LogP contribution in [0.3, 0.4) is 0 Å². The Labute approximate surface area is 121 Å². The highest BCUT2D eigenvalue weighted by Crippen LogP contribution is 2.20. The molecule has 0 aliphatic carbocycles. The topological polar surface area (TPSA) is 70.9 Å². The number of carbonyl (C=O) groups is 1. The first kappa shape index (κ1) is 12.9. The zero-order valence-corrected chi connectivity index (χ0v) is 11.1. The summed E-state index contributed by atoms with van der Waals surface area (Å²) in [6.07, 6.45) is 6.30. The Balaban J connectivity index is 1.70. The van der Waals surface area contributed by atoms with E-state index in [0.29, 0.717) is 5.76 Å². The van der Waals surface area contributed by atoms with Crippen LogP contribution in [0.25, 0.3) is 17.3 Å². The molecule has 1 amide bonds. The molecule has 2 N–H and O–H groups in total. The van der Waals surface area contributed by atoms with Gasteiger partial charge in [-0.15, -0.1) is 0 Å². The highest BCUT2D eigenvalue weighted by atomic mass is 16.3. The summed E-state index contributed by atoms with van der Waals surface area (Å²) < 4.78 is 5.12. The van der Waals surface area contributed by atoms with E-state index in [9.17, 15) is 4.79 Å². The van der Waals surface area contributed by atoms with Crippen molar-refractivity contribution in [2.75, 3.05) is 5.32 Å². The lowest BCUT2D eigenvalue weighted by atomic mass is 10.1. The van der Waals surface area contributed by atoms with Crippen molar-refractivity contribution in [2.24, 2.45) is 0 Å². The smallest absolute Gasteiger partial charge is 0.248 e. The molecule has 0 saturated heterocycles. The molecule has 0 radical (unpaired) electrons. The highest BCUT2D eigenvalue weighted by Gasteiger charge is 2.02. The average molecular weight is 279 g/mol. The molecule has 5 heteroatoms. The Morgan fingerprint density at radius 2 is 2.19 bits per heavy atom. The molecule has 2 aromatic heterocycles. The van der Waals surface area contributed by atoms with Crippen molar-refractivity contribution in [2.45, 2.75) is 0 Å². The number of hydrogen-bond donors (Lipinski definition) is 2. The van der Waals surface area contributed by atoms with E-state index in [2.05, 4.69) is 15.5 Å². The van der Waals surface area contributed by atoms with Crippen LogP contribution in [-0.4, -0.2) is 16.1 Å². The van der Waals surface area contributed by atoms with Gasteiger partial charge in [0.1, 0.15) is 5.76 Å². The number of aromatic amines is 1. The van der Waals surface area contributed by atoms with Crippen molar-refractivity contribution in [3.05, 3.63) is 66.8 Å². The van der Waals surface area contributed by atoms with Gasteiger partial charge in [-0.3, -0.25) is 9.89 Å². The van der Waals surface area contributed by atoms with Crippen LogP contribution in [0, 0.1) is 0 Å². The fourth-order valence-electron chi connectivity index (χ4n) is 1.91. The van der Waals surface area contributed by atoms with Gasteiger partial charge in [0.15, 0.2) is 0 Å². The molecule has 0 fully saturated rings. The van der Waals surface area contributed by atoms with Gasteiger partial charge in [-0.1, -0.05) is 12.1 Å². The number of nitrogens with one attached hydrogen (secondary N) is 2. The number of nitrogens with zero attached hydrogens (tertiary/aromatic N) is 1. The van der Waals surface area contributed by atoms with Gasteiger partial charge in [-0.2, -0.15) is 5.10 Å². The summed E-state index contributed by atoms with van der Waals surface area (Å²) in [6.45, 7) is 0. The van der Waals surface area contributed by atoms with Crippen molar-refractivity contribution in [1.29, 1.82) is 0 Å². The number of amides is 1. The van der Waals surface area contributed by atoms with Gasteiger partial charge in [0.2, 0.25) is 5.91 Å². The van der Waals surface area contributed by atoms with E-state index in [1.807, 2.05) is 30.3 Å². The van der Waals surface area contributed by atoms with Crippen LogP contribution in [0.5, 0.6) is 0 Å². The SMILES string of the molecule is O=C(/C=C/c1ccco1)Nc1cccc(-c2ccn[nH]2)c1. The first-order valence-corrected chi connectivity index (χ1v) is 6.44. The molecule has 0 saturated carbocycles. The molecule has 3 rings (SSSR count). The Bertz CT molecular complexity index is 744. The summed E-state index contributed by atoms with van der Waals surface area (Å²) in [6, 6.07) is 13.0. The quantitative estimate of drug-likeness (QED) is 0.720. The van der Waals surface area contributed by atoms with Gasteiger partial charge >= 0.3 is 0 Å². The fourth-order valence-corrected chi connectivity index (χ4v) is 1.91. The minimum absolute atomic E-state index is 0.215. The van der Waals surface area contributed by atoms with Crippen LogP contribution in [0.1, 0.15) is 5.76 Å². The second-order valence-corrected chi connectivity index (χ2v) is 4.39. The van der Waals surface area contributed by atoms with Gasteiger partial charge in [0.05, 0.1) is 12.0 Å². The van der Waals surface area contributed by atoms with Crippen LogP contribution >= 0.6 is 0 Å². The van der Waals surface area contributed by atoms with Crippen molar-refractivity contribution < 1.29 is 9.21 Å². The Kier molecular flexibility index (Phi) is 3.64. The number of hydrogen-bond acceptors (Lipinski definition) is 3. The Hall–Kier alpha value is -3.08. The molecule has 0 atom stereocenters. The normalized spacial score (nSPS) is 10.9. The molecule has 0 bridgehead atoms. The monoisotopic (exact) mass is 279 g/mol. The van der Waals surface area contributed by atoms with Crippen molar-refractivity contribution in [1.82, 2.24) is 10.2 Å². The maximum absolute atomic E-state index is 11.8. The lowest BCUT2D eigenvalue weighted by Gasteiger charge is -2.04. The first-order valence-electron chi connectivity index (χ1n) is 6.44. The number of H-pyrrole nitrogens is 1. The molecule has 0 unspecified atom stereocenters. The van der Waals surface area contributed by atoms with Gasteiger partial charge < -0.3 is 9.73 Å². The Morgan fingerprint density at radius 1 is 1.24 bits per heavy atom. The van der Waals surface area contributed by atoms with Crippen molar-refractivity contribution in [3.63, 3.8) is 0 Å². The summed E-state index contributed by atoms with van der Waals surface area (Å²) >= 11 is 0. The van der Waals surface area contributed by atoms with Gasteiger partial charge in [-0.05, 0) is 36.4 Å². The third-order valence-electron chi connectivity index (χ3n) is 2.88. The summed E-state index contributed by atoms with van der Waals surface area (Å²) in [5, 5.41) is 9.61. The van der Waals surface area contributed by atoms with E-state index >= 15 is 0 Å². The van der Waals surface area contributed by atoms with Gasteiger partial charge in [0, 0.05) is 23.5 Å². The molecule has 21 heavy (non-hydrogen) atoms. The summed E-state index contributed by atoms with van der Waals surface area (Å²) in [7, 11) is 0. The third kappa shape index (κ3) is 3.27. The molecule has 0 aliphatic heterocycles. The summed E-state index contributed by atoms with van der Waals surface area (Å²) in [5.41, 5.74) is 2.58. The molecule has 3 aromatic rings. The summed E-state index contributed by atoms with van der Waals surface area (Å²) in [4.78, 5) is 11.8. The highest BCUT2D eigenvalue weighted by molar-refractivity contribution is 6.02. The van der Waals surface area contributed by atoms with Crippen LogP contribution < -0.4 is 5.32 Å². The zero-order valence-electron chi connectivity index (χ0n) is 11.1. The molecule has 104 valence electrons. The standard InChI is InChI=1S/C16H13N3O2/c20-16(7-6-14-5-2-10-21-14)18-13-4-1-3-12(11-13)15-8-9-17-19-15/h1-11H,(H,17,19)(H,18,20)/b7-6+. The number of aromatic nitrogens is 2. The van der Waals surface area contributed by atoms with Crippen molar-refractivity contribution >= 4 is 17.7 Å². The first-order chi connectivity index (χ1) is 10.3. The Morgan fingerprint density at radius 3 is 2.95 bits per heavy atom. The molecule has 1 aromatic carbocycles. The largest absolute Gasteiger partial charge is 0.465 e. The average Bonchev–Trinajstić information content (AvgIpc) is 3.19. The maximum atomic E-state index is 11.8. The number of carbonyl (C=O) groups excluding carboxylic acids is 1. The van der Waals surface area contributed by atoms with E-state index in [0.717, 1.165) is 16.9 Å². The fraction of sp³-hybridized carbons (Fsp3) is 0. The predicted molar refractivity (Wildman–Crippen MR) is 80.4 cm³/mol. The zero-order chi connectivity index (χ0) is 14.5. The third-order valence-corrected chi connectivity index (χ3v) is 2.88. The molecule has 0 aliphatic rings. The van der Waals surface area contributed by atoms with Crippen LogP contribution in [-0.2, 0) is 4.79 Å². The summed E-state index contributed by atoms with van der Waals surface area (Å²) in [5.74, 6) is 0.421. The lowest BCUT2D eigenvalue weighted by molar-refractivity contribution is -0.111. The number of rotatable bonds is 4. The molecule has 5 nitrogen and oxygen atoms in total. The lowest BCUT2D eigenvalue weighted by Crippen LogP contribution is -2.07. The van der Waals surface area contributed by atoms with Crippen LogP contribution in [0.4, 0.5) is 5.69 Å². The van der Waals surface area contributed by atoms with Gasteiger partial charge in [-0.25, -0.2) is 0 Å². The number of benzene rings is 1. The van der Waals surface area contributed by atoms with E-state index in [1.165, 1.54) is 6.08 Å². The van der Waals surface area contributed by atoms with E-state index in [1.54, 1.807) is 30.7 Å². The van der Waals surface area contributed by atoms with Gasteiger partial charge in [0.25, 0.3) is 0 Å². The van der Waals surface area contributed by atoms with Crippen LogP contribution in [0.15, 0.2) is 65.4 Å². The molecular weight excluding hydrogens is 266 g/mol. The van der Waals surface area contributed by atoms with Crippen molar-refractivity contribution in [3.8, 4) is 11.3 Å². The minimum Gasteiger partial charge on any atom is -0.465 e. The van der Waals surface area contributed by atoms with Crippen LogP contribution in [0.2, 0.25) is 0 Å². The molecular formula is C16H13N3O2. The molecule has 2 heterocycles. The number of furan rings is 1. The predicted octanol–water partition coefficient (Wildman–Crippen LogP) is 3.32. The van der Waals surface area contributed by atoms with E-state index in [4.69, 9.17) is 4.42 Å². The minimum atomic E-state index is -0.215. The van der Waals surface area contributed by atoms with E-state index in [-0.39, 0.29) is 5.91 Å².